The number of aromatic amines is 1. The molecule has 1 saturated heterocycles. The van der Waals surface area contributed by atoms with E-state index in [1.807, 2.05) is 57.2 Å². The van der Waals surface area contributed by atoms with E-state index in [0.29, 0.717) is 16.6 Å². The van der Waals surface area contributed by atoms with Gasteiger partial charge in [-0.3, -0.25) is 19.5 Å². The molecule has 1 aliphatic heterocycles. The normalized spacial score (nSPS) is 17.8. The van der Waals surface area contributed by atoms with Crippen LogP contribution in [0, 0.1) is 20.8 Å². The van der Waals surface area contributed by atoms with Gasteiger partial charge in [-0.2, -0.15) is 0 Å². The summed E-state index contributed by atoms with van der Waals surface area (Å²) >= 11 is 0. The Labute approximate surface area is 190 Å². The first-order valence-electron chi connectivity index (χ1n) is 10.6. The van der Waals surface area contributed by atoms with Gasteiger partial charge in [0.2, 0.25) is 5.95 Å². The minimum Gasteiger partial charge on any atom is -0.507 e. The molecule has 0 saturated carbocycles. The number of fused-ring (bicyclic) bond motifs is 1. The number of nitrogens with one attached hydrogen (secondary N) is 1. The van der Waals surface area contributed by atoms with Crippen molar-refractivity contribution in [3.05, 3.63) is 94.3 Å². The number of imidazole rings is 1. The maximum absolute atomic E-state index is 13.3. The Morgan fingerprint density at radius 1 is 1.03 bits per heavy atom. The number of benzene rings is 2. The molecule has 1 atom stereocenters. The van der Waals surface area contributed by atoms with Crippen LogP contribution in [0.1, 0.15) is 33.9 Å². The largest absolute Gasteiger partial charge is 0.507 e. The molecule has 0 radical (unpaired) electrons. The molecule has 33 heavy (non-hydrogen) atoms. The van der Waals surface area contributed by atoms with E-state index < -0.39 is 17.7 Å². The summed E-state index contributed by atoms with van der Waals surface area (Å²) in [4.78, 5) is 39.8. The summed E-state index contributed by atoms with van der Waals surface area (Å²) in [6.07, 6.45) is 3.21. The third-order valence-electron chi connectivity index (χ3n) is 5.95. The van der Waals surface area contributed by atoms with Gasteiger partial charge in [0.25, 0.3) is 5.78 Å². The van der Waals surface area contributed by atoms with E-state index in [9.17, 15) is 14.7 Å². The van der Waals surface area contributed by atoms with Gasteiger partial charge in [-0.1, -0.05) is 29.8 Å². The van der Waals surface area contributed by atoms with Crippen molar-refractivity contribution in [2.24, 2.45) is 0 Å². The minimum absolute atomic E-state index is 0.0123. The molecule has 1 fully saturated rings. The molecule has 1 aliphatic rings. The average molecular weight is 438 g/mol. The van der Waals surface area contributed by atoms with Crippen LogP contribution in [-0.4, -0.2) is 31.7 Å². The number of rotatable bonds is 3. The van der Waals surface area contributed by atoms with Gasteiger partial charge in [-0.15, -0.1) is 0 Å². The first kappa shape index (κ1) is 20.6. The SMILES string of the molecule is Cc1ccc(C)c(/C(O)=C2\C(=O)C(=O)N(c3nc4ccc(C)cc4[nH]3)C2c2cccnc2)c1. The minimum atomic E-state index is -0.875. The molecule has 2 aromatic heterocycles. The van der Waals surface area contributed by atoms with Gasteiger partial charge in [-0.05, 0) is 61.7 Å². The molecule has 0 aliphatic carbocycles. The number of carbonyl (C=O) groups excluding carboxylic acids is 2. The smallest absolute Gasteiger partial charge is 0.302 e. The molecular weight excluding hydrogens is 416 g/mol. The van der Waals surface area contributed by atoms with Crippen molar-refractivity contribution in [2.45, 2.75) is 26.8 Å². The van der Waals surface area contributed by atoms with Crippen LogP contribution in [0.5, 0.6) is 0 Å². The lowest BCUT2D eigenvalue weighted by atomic mass is 9.94. The third-order valence-corrected chi connectivity index (χ3v) is 5.95. The maximum atomic E-state index is 13.3. The molecule has 5 rings (SSSR count). The highest BCUT2D eigenvalue weighted by atomic mass is 16.3. The van der Waals surface area contributed by atoms with Crippen molar-refractivity contribution in [2.75, 3.05) is 4.90 Å². The highest BCUT2D eigenvalue weighted by molar-refractivity contribution is 6.51. The van der Waals surface area contributed by atoms with Crippen LogP contribution in [-0.2, 0) is 9.59 Å². The number of pyridine rings is 1. The summed E-state index contributed by atoms with van der Waals surface area (Å²) in [5, 5.41) is 11.3. The number of aromatic nitrogens is 3. The fourth-order valence-electron chi connectivity index (χ4n) is 4.26. The van der Waals surface area contributed by atoms with Crippen molar-refractivity contribution in [3.8, 4) is 0 Å². The Bertz CT molecular complexity index is 1450. The van der Waals surface area contributed by atoms with Gasteiger partial charge < -0.3 is 10.1 Å². The lowest BCUT2D eigenvalue weighted by molar-refractivity contribution is -0.132. The summed E-state index contributed by atoms with van der Waals surface area (Å²) in [7, 11) is 0. The number of anilines is 1. The van der Waals surface area contributed by atoms with Gasteiger partial charge >= 0.3 is 5.91 Å². The van der Waals surface area contributed by atoms with Crippen molar-refractivity contribution >= 4 is 34.4 Å². The molecule has 2 aromatic carbocycles. The van der Waals surface area contributed by atoms with Crippen LogP contribution in [0.3, 0.4) is 0 Å². The Morgan fingerprint density at radius 3 is 2.55 bits per heavy atom. The van der Waals surface area contributed by atoms with Crippen molar-refractivity contribution in [1.29, 1.82) is 0 Å². The summed E-state index contributed by atoms with van der Waals surface area (Å²) in [5.41, 5.74) is 5.33. The average Bonchev–Trinajstić information content (AvgIpc) is 3.33. The van der Waals surface area contributed by atoms with Crippen LogP contribution in [0.25, 0.3) is 16.8 Å². The second-order valence-corrected chi connectivity index (χ2v) is 8.35. The summed E-state index contributed by atoms with van der Waals surface area (Å²) in [5.74, 6) is -1.49. The van der Waals surface area contributed by atoms with Crippen LogP contribution in [0.15, 0.2) is 66.5 Å². The second kappa shape index (κ2) is 7.70. The van der Waals surface area contributed by atoms with Crippen LogP contribution in [0.4, 0.5) is 5.95 Å². The number of ketones is 1. The van der Waals surface area contributed by atoms with Crippen LogP contribution >= 0.6 is 0 Å². The lowest BCUT2D eigenvalue weighted by Crippen LogP contribution is -2.30. The topological polar surface area (TPSA) is 99.2 Å². The number of amides is 1. The number of H-pyrrole nitrogens is 1. The maximum Gasteiger partial charge on any atom is 0.302 e. The first-order chi connectivity index (χ1) is 15.8. The number of aliphatic hydroxyl groups excluding tert-OH is 1. The second-order valence-electron chi connectivity index (χ2n) is 8.35. The Kier molecular flexibility index (Phi) is 4.82. The molecule has 0 spiro atoms. The third kappa shape index (κ3) is 3.38. The van der Waals surface area contributed by atoms with Crippen molar-refractivity contribution in [3.63, 3.8) is 0 Å². The number of Topliss-reactive ketones (excluding diaryl/α,β-unsaturated/α-hetero) is 1. The fourth-order valence-corrected chi connectivity index (χ4v) is 4.26. The number of hydrogen-bond donors (Lipinski definition) is 2. The molecule has 7 nitrogen and oxygen atoms in total. The van der Waals surface area contributed by atoms with Crippen molar-refractivity contribution in [1.82, 2.24) is 15.0 Å². The predicted molar refractivity (Wildman–Crippen MR) is 126 cm³/mol. The number of carbonyl (C=O) groups is 2. The monoisotopic (exact) mass is 438 g/mol. The number of aryl methyl sites for hydroxylation is 3. The number of nitrogens with zero attached hydrogens (tertiary/aromatic N) is 3. The van der Waals surface area contributed by atoms with Gasteiger partial charge in [0.1, 0.15) is 5.76 Å². The summed E-state index contributed by atoms with van der Waals surface area (Å²) in [6.45, 7) is 5.72. The standard InChI is InChI=1S/C26H22N4O3/c1-14-6-8-16(3)18(11-14)23(31)21-22(17-5-4-10-27-13-17)30(25(33)24(21)32)26-28-19-9-7-15(2)12-20(19)29-26/h4-13,22,31H,1-3H3,(H,28,29)/b23-21+. The van der Waals surface area contributed by atoms with Crippen LogP contribution in [0.2, 0.25) is 0 Å². The van der Waals surface area contributed by atoms with E-state index in [2.05, 4.69) is 15.0 Å². The molecule has 0 bridgehead atoms. The molecule has 3 heterocycles. The molecule has 2 N–H and O–H groups in total. The van der Waals surface area contributed by atoms with Gasteiger partial charge in [-0.25, -0.2) is 4.98 Å². The Hall–Kier alpha value is -4.26. The van der Waals surface area contributed by atoms with E-state index in [1.165, 1.54) is 4.90 Å². The van der Waals surface area contributed by atoms with E-state index in [1.54, 1.807) is 24.5 Å². The van der Waals surface area contributed by atoms with E-state index in [0.717, 1.165) is 22.2 Å². The number of hydrogen-bond acceptors (Lipinski definition) is 5. The lowest BCUT2D eigenvalue weighted by Gasteiger charge is -2.22. The Balaban J connectivity index is 1.75. The summed E-state index contributed by atoms with van der Waals surface area (Å²) in [6, 6.07) is 14.0. The molecule has 4 aromatic rings. The van der Waals surface area contributed by atoms with Gasteiger partial charge in [0, 0.05) is 18.0 Å². The van der Waals surface area contributed by atoms with E-state index in [4.69, 9.17) is 0 Å². The van der Waals surface area contributed by atoms with E-state index in [-0.39, 0.29) is 17.3 Å². The Morgan fingerprint density at radius 2 is 1.79 bits per heavy atom. The first-order valence-corrected chi connectivity index (χ1v) is 10.6. The number of aliphatic hydroxyl groups is 1. The van der Waals surface area contributed by atoms with Gasteiger partial charge in [0.15, 0.2) is 0 Å². The zero-order valence-corrected chi connectivity index (χ0v) is 18.5. The molecule has 1 unspecified atom stereocenters. The van der Waals surface area contributed by atoms with Gasteiger partial charge in [0.05, 0.1) is 22.6 Å². The molecular formula is C26H22N4O3. The van der Waals surface area contributed by atoms with E-state index >= 15 is 0 Å². The molecule has 164 valence electrons. The van der Waals surface area contributed by atoms with Crippen LogP contribution < -0.4 is 4.90 Å². The predicted octanol–water partition coefficient (Wildman–Crippen LogP) is 4.51. The zero-order valence-electron chi connectivity index (χ0n) is 18.5. The highest BCUT2D eigenvalue weighted by Crippen LogP contribution is 2.41. The highest BCUT2D eigenvalue weighted by Gasteiger charge is 2.48. The van der Waals surface area contributed by atoms with Crippen molar-refractivity contribution < 1.29 is 14.7 Å². The fraction of sp³-hybridized carbons (Fsp3) is 0.154. The molecule has 1 amide bonds. The molecule has 7 heteroatoms. The quantitative estimate of drug-likeness (QED) is 0.279. The summed E-state index contributed by atoms with van der Waals surface area (Å²) < 4.78 is 0. The zero-order chi connectivity index (χ0) is 23.3.